The quantitative estimate of drug-likeness (QED) is 0.467. The molecule has 0 saturated carbocycles. The summed E-state index contributed by atoms with van der Waals surface area (Å²) in [5.74, 6) is 1.01. The number of ether oxygens (including phenoxy) is 1. The monoisotopic (exact) mass is 487 g/mol. The van der Waals surface area contributed by atoms with Crippen molar-refractivity contribution in [3.05, 3.63) is 54.7 Å². The number of amides is 1. The van der Waals surface area contributed by atoms with Crippen LogP contribution in [-0.2, 0) is 6.54 Å². The molecule has 186 valence electrons. The van der Waals surface area contributed by atoms with Crippen molar-refractivity contribution >= 4 is 11.7 Å². The molecule has 0 aromatic carbocycles. The van der Waals surface area contributed by atoms with Crippen LogP contribution < -0.4 is 10.1 Å². The summed E-state index contributed by atoms with van der Waals surface area (Å²) in [6.45, 7) is 4.19. The van der Waals surface area contributed by atoms with Gasteiger partial charge in [-0.15, -0.1) is 10.2 Å². The van der Waals surface area contributed by atoms with Gasteiger partial charge in [-0.1, -0.05) is 6.07 Å². The molecule has 0 unspecified atom stereocenters. The second kappa shape index (κ2) is 10.2. The van der Waals surface area contributed by atoms with Crippen LogP contribution in [0.15, 0.2) is 49.2 Å². The van der Waals surface area contributed by atoms with Crippen molar-refractivity contribution in [2.24, 2.45) is 0 Å². The number of carbonyl (C=O) groups is 1. The molecule has 0 fully saturated rings. The Bertz CT molecular complexity index is 1360. The molecule has 0 aliphatic carbocycles. The fraction of sp³-hybridized carbons (Fsp3) is 0.360. The minimum absolute atomic E-state index is 0.153. The minimum Gasteiger partial charge on any atom is -0.477 e. The summed E-state index contributed by atoms with van der Waals surface area (Å²) in [7, 11) is 4.05. The molecular weight excluding hydrogens is 458 g/mol. The van der Waals surface area contributed by atoms with Crippen molar-refractivity contribution in [3.8, 4) is 28.5 Å². The lowest BCUT2D eigenvalue weighted by atomic mass is 10.1. The highest BCUT2D eigenvalue weighted by Gasteiger charge is 2.20. The smallest absolute Gasteiger partial charge is 0.262 e. The first-order chi connectivity index (χ1) is 17.5. The SMILES string of the molecule is C[C@@H]1CCCOc2ncc(-c3cnn(CCN(C)C)c3)cc2C(=O)Nc2cccc(n2)-c2nncn21. The number of aromatic nitrogens is 7. The second-order valence-electron chi connectivity index (χ2n) is 9.14. The molecule has 5 rings (SSSR count). The number of fused-ring (bicyclic) bond motifs is 5. The number of hydrogen-bond acceptors (Lipinski definition) is 8. The lowest BCUT2D eigenvalue weighted by Gasteiger charge is -2.17. The van der Waals surface area contributed by atoms with E-state index in [9.17, 15) is 4.79 Å². The third-order valence-corrected chi connectivity index (χ3v) is 6.11. The zero-order valence-corrected chi connectivity index (χ0v) is 20.6. The van der Waals surface area contributed by atoms with E-state index in [1.54, 1.807) is 30.9 Å². The van der Waals surface area contributed by atoms with E-state index in [4.69, 9.17) is 4.74 Å². The van der Waals surface area contributed by atoms with Crippen LogP contribution in [-0.4, -0.2) is 72.6 Å². The van der Waals surface area contributed by atoms with Crippen LogP contribution in [0.1, 0.15) is 36.2 Å². The average molecular weight is 488 g/mol. The number of nitrogens with one attached hydrogen (secondary N) is 1. The van der Waals surface area contributed by atoms with Gasteiger partial charge >= 0.3 is 0 Å². The number of likely N-dealkylation sites (N-methyl/N-ethyl adjacent to an activating group) is 1. The summed E-state index contributed by atoms with van der Waals surface area (Å²) in [5, 5.41) is 15.7. The molecule has 4 aromatic rings. The van der Waals surface area contributed by atoms with Crippen LogP contribution >= 0.6 is 0 Å². The first-order valence-corrected chi connectivity index (χ1v) is 12.0. The Balaban J connectivity index is 1.47. The maximum Gasteiger partial charge on any atom is 0.262 e. The first-order valence-electron chi connectivity index (χ1n) is 12.0. The van der Waals surface area contributed by atoms with Crippen molar-refractivity contribution in [2.45, 2.75) is 32.4 Å². The van der Waals surface area contributed by atoms with E-state index in [2.05, 4.69) is 42.4 Å². The molecule has 11 nitrogen and oxygen atoms in total. The Morgan fingerprint density at radius 1 is 1.22 bits per heavy atom. The van der Waals surface area contributed by atoms with Crippen LogP contribution in [0.3, 0.4) is 0 Å². The van der Waals surface area contributed by atoms with Gasteiger partial charge in [0.15, 0.2) is 5.82 Å². The van der Waals surface area contributed by atoms with Gasteiger partial charge in [0.25, 0.3) is 5.91 Å². The summed E-state index contributed by atoms with van der Waals surface area (Å²) in [6.07, 6.45) is 8.78. The summed E-state index contributed by atoms with van der Waals surface area (Å²) in [4.78, 5) is 24.6. The molecule has 2 bridgehead atoms. The highest BCUT2D eigenvalue weighted by Crippen LogP contribution is 2.27. The number of pyridine rings is 2. The standard InChI is InChI=1S/C25H29N9O2/c1-17-6-5-11-36-25-20(12-18(13-26-25)19-14-28-33(15-19)10-9-32(2)3)24(35)30-22-8-4-7-21(29-22)23-31-27-16-34(17)23/h4,7-8,12-17H,5-6,9-11H2,1-3H3,(H,29,30,35)/t17-/m1/s1. The van der Waals surface area contributed by atoms with E-state index in [1.165, 1.54) is 0 Å². The maximum absolute atomic E-state index is 13.4. The number of anilines is 1. The molecule has 1 atom stereocenters. The van der Waals surface area contributed by atoms with Crippen LogP contribution in [0.4, 0.5) is 5.82 Å². The number of hydrogen-bond donors (Lipinski definition) is 1. The van der Waals surface area contributed by atoms with Crippen molar-refractivity contribution < 1.29 is 9.53 Å². The third-order valence-electron chi connectivity index (χ3n) is 6.11. The predicted octanol–water partition coefficient (Wildman–Crippen LogP) is 3.15. The summed E-state index contributed by atoms with van der Waals surface area (Å²) in [5.41, 5.74) is 2.65. The third kappa shape index (κ3) is 5.10. The van der Waals surface area contributed by atoms with Crippen molar-refractivity contribution in [1.82, 2.24) is 39.4 Å². The molecule has 1 aliphatic heterocycles. The van der Waals surface area contributed by atoms with E-state index in [1.807, 2.05) is 41.7 Å². The van der Waals surface area contributed by atoms with Gasteiger partial charge in [-0.2, -0.15) is 5.10 Å². The molecule has 0 saturated heterocycles. The van der Waals surface area contributed by atoms with Crippen LogP contribution in [0.25, 0.3) is 22.6 Å². The Hall–Kier alpha value is -4.12. The van der Waals surface area contributed by atoms with Gasteiger partial charge in [-0.25, -0.2) is 9.97 Å². The van der Waals surface area contributed by atoms with E-state index < -0.39 is 0 Å². The van der Waals surface area contributed by atoms with Gasteiger partial charge in [-0.3, -0.25) is 9.48 Å². The van der Waals surface area contributed by atoms with Crippen LogP contribution in [0, 0.1) is 0 Å². The van der Waals surface area contributed by atoms with Gasteiger partial charge < -0.3 is 19.5 Å². The van der Waals surface area contributed by atoms with Gasteiger partial charge in [0.1, 0.15) is 23.4 Å². The highest BCUT2D eigenvalue weighted by molar-refractivity contribution is 6.06. The summed E-state index contributed by atoms with van der Waals surface area (Å²) >= 11 is 0. The lowest BCUT2D eigenvalue weighted by Crippen LogP contribution is -2.18. The lowest BCUT2D eigenvalue weighted by molar-refractivity contribution is 0.102. The number of carbonyl (C=O) groups excluding carboxylic acids is 1. The molecule has 4 aromatic heterocycles. The van der Waals surface area contributed by atoms with Gasteiger partial charge in [0.2, 0.25) is 5.88 Å². The Labute approximate surface area is 209 Å². The molecule has 0 spiro atoms. The van der Waals surface area contributed by atoms with E-state index in [0.29, 0.717) is 35.4 Å². The van der Waals surface area contributed by atoms with E-state index in [0.717, 1.165) is 37.1 Å². The minimum atomic E-state index is -0.351. The van der Waals surface area contributed by atoms with Crippen molar-refractivity contribution in [1.29, 1.82) is 0 Å². The molecule has 5 heterocycles. The molecule has 1 aliphatic rings. The van der Waals surface area contributed by atoms with Crippen molar-refractivity contribution in [3.63, 3.8) is 0 Å². The van der Waals surface area contributed by atoms with E-state index >= 15 is 0 Å². The zero-order valence-electron chi connectivity index (χ0n) is 20.6. The van der Waals surface area contributed by atoms with E-state index in [-0.39, 0.29) is 11.9 Å². The molecule has 1 N–H and O–H groups in total. The van der Waals surface area contributed by atoms with Gasteiger partial charge in [-0.05, 0) is 52.1 Å². The molecule has 1 amide bonds. The van der Waals surface area contributed by atoms with Crippen LogP contribution in [0.5, 0.6) is 5.88 Å². The second-order valence-corrected chi connectivity index (χ2v) is 9.14. The Kier molecular flexibility index (Phi) is 6.72. The molecule has 0 radical (unpaired) electrons. The fourth-order valence-electron chi connectivity index (χ4n) is 4.07. The number of nitrogens with zero attached hydrogens (tertiary/aromatic N) is 8. The normalized spacial score (nSPS) is 16.0. The summed E-state index contributed by atoms with van der Waals surface area (Å²) < 4.78 is 9.86. The van der Waals surface area contributed by atoms with Crippen LogP contribution in [0.2, 0.25) is 0 Å². The highest BCUT2D eigenvalue weighted by atomic mass is 16.5. The largest absolute Gasteiger partial charge is 0.477 e. The Morgan fingerprint density at radius 3 is 2.97 bits per heavy atom. The zero-order chi connectivity index (χ0) is 25.1. The average Bonchev–Trinajstić information content (AvgIpc) is 3.55. The Morgan fingerprint density at radius 2 is 2.11 bits per heavy atom. The van der Waals surface area contributed by atoms with Gasteiger partial charge in [0, 0.05) is 36.1 Å². The molecular formula is C25H29N9O2. The molecule has 11 heteroatoms. The fourth-order valence-corrected chi connectivity index (χ4v) is 4.07. The topological polar surface area (TPSA) is 116 Å². The van der Waals surface area contributed by atoms with Crippen molar-refractivity contribution in [2.75, 3.05) is 32.6 Å². The predicted molar refractivity (Wildman–Crippen MR) is 135 cm³/mol. The molecule has 36 heavy (non-hydrogen) atoms. The first kappa shape index (κ1) is 23.6. The maximum atomic E-state index is 13.4. The summed E-state index contributed by atoms with van der Waals surface area (Å²) in [6, 6.07) is 7.38. The van der Waals surface area contributed by atoms with Gasteiger partial charge in [0.05, 0.1) is 19.3 Å². The number of rotatable bonds is 4.